The topological polar surface area (TPSA) is 144 Å². The number of nitrogens with one attached hydrogen (secondary N) is 2. The fraction of sp³-hybridized carbons (Fsp3) is 0.111. The van der Waals surface area contributed by atoms with E-state index in [2.05, 4.69) is 52.0 Å². The molecule has 16 heteroatoms. The number of oxime groups is 1. The summed E-state index contributed by atoms with van der Waals surface area (Å²) in [6.45, 7) is -0.0616. The van der Waals surface area contributed by atoms with Gasteiger partial charge in [0, 0.05) is 27.8 Å². The summed E-state index contributed by atoms with van der Waals surface area (Å²) < 4.78 is 11.2. The first-order valence-electron chi connectivity index (χ1n) is 25.2. The minimum absolute atomic E-state index is 0.0616. The van der Waals surface area contributed by atoms with Crippen molar-refractivity contribution in [3.63, 3.8) is 0 Å². The van der Waals surface area contributed by atoms with Gasteiger partial charge in [0.15, 0.2) is 10.8 Å². The van der Waals surface area contributed by atoms with E-state index >= 15 is 4.79 Å². The summed E-state index contributed by atoms with van der Waals surface area (Å²) in [7, 11) is 1.57. The average molecular weight is 1120 g/mol. The molecule has 11 rings (SSSR count). The molecule has 1 fully saturated rings. The number of halogens is 1. The summed E-state index contributed by atoms with van der Waals surface area (Å²) in [5.41, 5.74) is 5.75. The number of thiazole rings is 2. The molecule has 2 amide bonds. The van der Waals surface area contributed by atoms with Gasteiger partial charge in [0.05, 0.1) is 17.5 Å². The van der Waals surface area contributed by atoms with Gasteiger partial charge in [0.25, 0.3) is 11.8 Å². The Labute approximate surface area is 474 Å². The van der Waals surface area contributed by atoms with Crippen LogP contribution in [0.4, 0.5) is 5.13 Å². The Morgan fingerprint density at radius 2 is 1.23 bits per heavy atom. The number of methoxy groups -OCH3 is 1. The largest absolute Gasteiger partial charge is 0.497 e. The van der Waals surface area contributed by atoms with Crippen molar-refractivity contribution in [2.24, 2.45) is 5.16 Å². The van der Waals surface area contributed by atoms with Crippen LogP contribution in [0, 0.1) is 0 Å². The third-order valence-corrected chi connectivity index (χ3v) is 17.0. The summed E-state index contributed by atoms with van der Waals surface area (Å²) >= 11 is 10.4. The predicted molar refractivity (Wildman–Crippen MR) is 313 cm³/mol. The highest BCUT2D eigenvalue weighted by Crippen LogP contribution is 2.44. The van der Waals surface area contributed by atoms with E-state index in [9.17, 15) is 9.59 Å². The van der Waals surface area contributed by atoms with E-state index in [1.54, 1.807) is 54.4 Å². The van der Waals surface area contributed by atoms with E-state index in [4.69, 9.17) is 36.1 Å². The van der Waals surface area contributed by atoms with E-state index < -0.39 is 40.3 Å². The van der Waals surface area contributed by atoms with Gasteiger partial charge in [-0.3, -0.25) is 14.5 Å². The molecule has 0 bridgehead atoms. The Kier molecular flexibility index (Phi) is 15.6. The molecule has 4 heterocycles. The first kappa shape index (κ1) is 52.5. The normalized spacial score (nSPS) is 15.5. The number of allylic oxidation sites excluding steroid dienone is 1. The molecule has 2 aliphatic heterocycles. The third kappa shape index (κ3) is 10.6. The van der Waals surface area contributed by atoms with Crippen LogP contribution in [-0.4, -0.2) is 62.6 Å². The lowest BCUT2D eigenvalue weighted by Gasteiger charge is -2.49. The minimum Gasteiger partial charge on any atom is -0.497 e. The highest BCUT2D eigenvalue weighted by atomic mass is 35.5. The maximum Gasteiger partial charge on any atom is 0.355 e. The van der Waals surface area contributed by atoms with Gasteiger partial charge in [-0.2, -0.15) is 0 Å². The number of anilines is 1. The number of nitrogens with zero attached hydrogens (tertiary/aromatic N) is 4. The van der Waals surface area contributed by atoms with E-state index in [1.165, 1.54) is 39.3 Å². The van der Waals surface area contributed by atoms with Crippen LogP contribution < -0.4 is 15.4 Å². The second kappa shape index (κ2) is 23.6. The van der Waals surface area contributed by atoms with Gasteiger partial charge in [-0.05, 0) is 46.0 Å². The number of thioether (sulfide) groups is 1. The molecule has 392 valence electrons. The van der Waals surface area contributed by atoms with Crippen LogP contribution in [0.25, 0.3) is 6.08 Å². The molecule has 2 N–H and O–H groups in total. The molecule has 2 atom stereocenters. The van der Waals surface area contributed by atoms with E-state index in [0.29, 0.717) is 32.2 Å². The number of β-lactam (4-membered cyclic amide) rings is 1. The van der Waals surface area contributed by atoms with Gasteiger partial charge >= 0.3 is 5.97 Å². The Hall–Kier alpha value is -8.60. The monoisotopic (exact) mass is 1120 g/mol. The number of hydrogen-bond donors (Lipinski definition) is 2. The highest BCUT2D eigenvalue weighted by molar-refractivity contribution is 8.00. The molecular weight excluding hydrogens is 1070 g/mol. The fourth-order valence-electron chi connectivity index (χ4n) is 9.81. The number of esters is 1. The van der Waals surface area contributed by atoms with Crippen LogP contribution >= 0.6 is 46.0 Å². The number of hydrogen-bond acceptors (Lipinski definition) is 13. The molecule has 0 saturated carbocycles. The van der Waals surface area contributed by atoms with E-state index in [0.717, 1.165) is 38.9 Å². The highest BCUT2D eigenvalue weighted by Gasteiger charge is 2.55. The summed E-state index contributed by atoms with van der Waals surface area (Å²) in [5, 5.41) is 13.6. The quantitative estimate of drug-likeness (QED) is 0.0264. The van der Waals surface area contributed by atoms with Crippen molar-refractivity contribution in [2.75, 3.05) is 18.2 Å². The molecule has 7 aromatic carbocycles. The zero-order valence-electron chi connectivity index (χ0n) is 42.3. The van der Waals surface area contributed by atoms with Crippen LogP contribution in [0.15, 0.2) is 240 Å². The van der Waals surface area contributed by atoms with Crippen molar-refractivity contribution in [2.45, 2.75) is 29.2 Å². The van der Waals surface area contributed by atoms with Gasteiger partial charge in [0.2, 0.25) is 5.60 Å². The van der Waals surface area contributed by atoms with Crippen LogP contribution in [0.2, 0.25) is 5.15 Å². The minimum atomic E-state index is -1.38. The maximum atomic E-state index is 15.4. The van der Waals surface area contributed by atoms with Gasteiger partial charge in [-0.1, -0.05) is 217 Å². The van der Waals surface area contributed by atoms with Crippen molar-refractivity contribution in [3.05, 3.63) is 289 Å². The molecule has 0 spiro atoms. The van der Waals surface area contributed by atoms with Gasteiger partial charge in [0.1, 0.15) is 45.9 Å². The van der Waals surface area contributed by atoms with Crippen molar-refractivity contribution in [1.82, 2.24) is 20.2 Å². The molecule has 12 nitrogen and oxygen atoms in total. The van der Waals surface area contributed by atoms with Crippen LogP contribution in [0.1, 0.15) is 49.5 Å². The predicted octanol–water partition coefficient (Wildman–Crippen LogP) is 12.5. The number of carbonyl (C=O) groups is 3. The molecular formula is C63H49ClN6O6S3. The van der Waals surface area contributed by atoms with Crippen LogP contribution in [0.3, 0.4) is 0 Å². The number of aromatic nitrogens is 2. The van der Waals surface area contributed by atoms with Crippen LogP contribution in [-0.2, 0) is 41.7 Å². The Bertz CT molecular complexity index is 3490. The van der Waals surface area contributed by atoms with Gasteiger partial charge in [-0.25, -0.2) is 14.8 Å². The summed E-state index contributed by atoms with van der Waals surface area (Å²) in [6, 6.07) is 65.6. The first-order valence-corrected chi connectivity index (χ1v) is 28.3. The third-order valence-electron chi connectivity index (χ3n) is 13.7. The second-order valence-corrected chi connectivity index (χ2v) is 21.5. The number of amides is 2. The zero-order chi connectivity index (χ0) is 54.2. The fourth-order valence-corrected chi connectivity index (χ4v) is 12.8. The molecule has 0 aliphatic carbocycles. The first-order chi connectivity index (χ1) is 38.8. The number of fused-ring (bicyclic) bond motifs is 1. The molecule has 2 aromatic heterocycles. The van der Waals surface area contributed by atoms with Crippen molar-refractivity contribution in [3.8, 4) is 5.75 Å². The van der Waals surface area contributed by atoms with E-state index in [1.807, 2.05) is 146 Å². The van der Waals surface area contributed by atoms with Crippen molar-refractivity contribution < 1.29 is 28.7 Å². The van der Waals surface area contributed by atoms with Crippen LogP contribution in [0.5, 0.6) is 5.75 Å². The van der Waals surface area contributed by atoms with Gasteiger partial charge in [-0.15, -0.1) is 34.4 Å². The SMILES string of the molecule is COc1ccc(COC(=O)C2=C(C=Cc3scnc3Cl)CS[C@@H]3C(NC(=O)C(=NOC(c4ccccc4)(c4ccccc4)c4ccccc4)c4csc(NC(c5ccccc5)(c5ccccc5)c5ccccc5)n4)C(=O)N23)cc1. The number of ether oxygens (including phenoxy) is 2. The van der Waals surface area contributed by atoms with E-state index in [-0.39, 0.29) is 23.7 Å². The lowest BCUT2D eigenvalue weighted by atomic mass is 9.77. The molecule has 1 saturated heterocycles. The zero-order valence-corrected chi connectivity index (χ0v) is 45.6. The maximum absolute atomic E-state index is 15.4. The standard InChI is InChI=1S/C63H49ClN6O6S3/c1-74-50-35-32-42(33-36-50)38-75-60(73)55-43(34-37-52-56(64)65-41-79-52)39-77-59-54(58(72)70(55)59)67-57(71)53(69-76-63(47-26-14-5-15-27-47,48-28-16-6-17-29-48)49-30-18-7-19-31-49)51-40-78-61(66-51)68-62(44-20-8-2-9-21-44,45-22-10-3-11-23-45)46-24-12-4-13-25-46/h2-37,40-41,54,59H,38-39H2,1H3,(H,66,68)(H,67,71)/t54?,59-/m1/s1. The van der Waals surface area contributed by atoms with Crippen molar-refractivity contribution in [1.29, 1.82) is 0 Å². The lowest BCUT2D eigenvalue weighted by Crippen LogP contribution is -2.71. The summed E-state index contributed by atoms with van der Waals surface area (Å²) in [4.78, 5) is 62.8. The Morgan fingerprint density at radius 1 is 0.709 bits per heavy atom. The second-order valence-electron chi connectivity index (χ2n) is 18.3. The number of rotatable bonds is 19. The molecule has 79 heavy (non-hydrogen) atoms. The summed E-state index contributed by atoms with van der Waals surface area (Å²) in [5.74, 6) is -0.994. The summed E-state index contributed by atoms with van der Waals surface area (Å²) in [6.07, 6.45) is 3.52. The van der Waals surface area contributed by atoms with Crippen molar-refractivity contribution >= 4 is 80.7 Å². The molecule has 1 unspecified atom stereocenters. The molecule has 9 aromatic rings. The molecule has 0 radical (unpaired) electrons. The average Bonchev–Trinajstić information content (AvgIpc) is 4.30. The smallest absolute Gasteiger partial charge is 0.355 e. The molecule has 2 aliphatic rings. The van der Waals surface area contributed by atoms with Gasteiger partial charge < -0.3 is 24.9 Å². The lowest BCUT2D eigenvalue weighted by molar-refractivity contribution is -0.153. The number of benzene rings is 7. The Balaban J connectivity index is 0.982. The number of carbonyl (C=O) groups excluding carboxylic acids is 3. The Morgan fingerprint density at radius 3 is 1.72 bits per heavy atom.